The molecule has 0 atom stereocenters. The molecule has 0 amide bonds. The highest BCUT2D eigenvalue weighted by Gasteiger charge is 2.16. The van der Waals surface area contributed by atoms with Crippen molar-refractivity contribution < 1.29 is 13.6 Å². The summed E-state index contributed by atoms with van der Waals surface area (Å²) in [6.07, 6.45) is 3.78. The molecule has 0 fully saturated rings. The highest BCUT2D eigenvalue weighted by molar-refractivity contribution is 7.88. The third-order valence-electron chi connectivity index (χ3n) is 3.77. The van der Waals surface area contributed by atoms with Gasteiger partial charge in [-0.15, -0.1) is 0 Å². The minimum atomic E-state index is -3.18. The minimum Gasteiger partial charge on any atom is -0.411 e. The molecule has 0 radical (unpaired) electrons. The lowest BCUT2D eigenvalue weighted by atomic mass is 10.2. The number of nitrogens with one attached hydrogen (secondary N) is 1. The van der Waals surface area contributed by atoms with Gasteiger partial charge < -0.3 is 15.5 Å². The lowest BCUT2D eigenvalue weighted by Gasteiger charge is -2.10. The molecule has 0 unspecified atom stereocenters. The van der Waals surface area contributed by atoms with Crippen LogP contribution in [-0.2, 0) is 16.6 Å². The maximum Gasteiger partial charge on any atom is 0.208 e. The zero-order chi connectivity index (χ0) is 17.9. The van der Waals surface area contributed by atoms with E-state index in [2.05, 4.69) is 19.8 Å². The number of anilines is 1. The summed E-state index contributed by atoms with van der Waals surface area (Å²) in [7, 11) is -3.18. The number of hydrogen-bond acceptors (Lipinski definition) is 7. The van der Waals surface area contributed by atoms with Crippen LogP contribution in [0.15, 0.2) is 5.16 Å². The van der Waals surface area contributed by atoms with Crippen LogP contribution in [0.5, 0.6) is 0 Å². The highest BCUT2D eigenvalue weighted by Crippen LogP contribution is 2.25. The van der Waals surface area contributed by atoms with Gasteiger partial charge in [0.05, 0.1) is 11.8 Å². The molecular formula is C14H22N6O3S. The van der Waals surface area contributed by atoms with E-state index >= 15 is 0 Å². The Hall–Kier alpha value is -2.20. The second-order valence-electron chi connectivity index (χ2n) is 5.64. The fourth-order valence-corrected chi connectivity index (χ4v) is 3.06. The molecule has 0 aliphatic heterocycles. The molecule has 24 heavy (non-hydrogen) atoms. The number of rotatable bonds is 7. The number of imidazole rings is 1. The molecule has 2 rings (SSSR count). The van der Waals surface area contributed by atoms with Crippen LogP contribution < -0.4 is 10.5 Å². The van der Waals surface area contributed by atoms with Crippen molar-refractivity contribution in [2.45, 2.75) is 33.2 Å². The zero-order valence-electron chi connectivity index (χ0n) is 13.9. The highest BCUT2D eigenvalue weighted by atomic mass is 32.2. The lowest BCUT2D eigenvalue weighted by Crippen LogP contribution is -2.23. The van der Waals surface area contributed by atoms with Gasteiger partial charge in [0, 0.05) is 18.8 Å². The lowest BCUT2D eigenvalue weighted by molar-refractivity contribution is 0.321. The number of nitrogens with zero attached hydrogens (tertiary/aromatic N) is 4. The van der Waals surface area contributed by atoms with Crippen molar-refractivity contribution in [2.24, 2.45) is 5.16 Å². The van der Waals surface area contributed by atoms with Crippen molar-refractivity contribution in [2.75, 3.05) is 18.5 Å². The van der Waals surface area contributed by atoms with Crippen LogP contribution in [-0.4, -0.2) is 47.2 Å². The van der Waals surface area contributed by atoms with Gasteiger partial charge in [0.15, 0.2) is 11.6 Å². The van der Waals surface area contributed by atoms with E-state index in [1.807, 2.05) is 18.4 Å². The normalized spacial score (nSPS) is 12.5. The van der Waals surface area contributed by atoms with Gasteiger partial charge in [0.2, 0.25) is 10.0 Å². The maximum absolute atomic E-state index is 11.1. The average molecular weight is 354 g/mol. The number of fused-ring (bicyclic) bond motifs is 1. The summed E-state index contributed by atoms with van der Waals surface area (Å²) in [6.45, 7) is 4.77. The maximum atomic E-state index is 11.1. The molecule has 0 aliphatic carbocycles. The Bertz CT molecular complexity index is 872. The first kappa shape index (κ1) is 18.1. The molecule has 0 aliphatic rings. The summed E-state index contributed by atoms with van der Waals surface area (Å²) in [5.74, 6) is 0.809. The van der Waals surface area contributed by atoms with Gasteiger partial charge in [-0.1, -0.05) is 5.16 Å². The molecule has 0 saturated heterocycles. The molecule has 0 aromatic carbocycles. The summed E-state index contributed by atoms with van der Waals surface area (Å²) in [5, 5.41) is 11.9. The standard InChI is InChI=1S/C14H22N6O3S/c1-9-10(2)18-14(15)12-13(9)20(11(19-12)8-16-21)7-5-4-6-17-24(3,22)23/h8,17,21H,4-7H2,1-3H3,(H2,15,18)/b16-8+. The van der Waals surface area contributed by atoms with Gasteiger partial charge in [-0.25, -0.2) is 23.1 Å². The van der Waals surface area contributed by atoms with Gasteiger partial charge in [-0.2, -0.15) is 0 Å². The number of nitrogen functional groups attached to an aromatic ring is 1. The van der Waals surface area contributed by atoms with E-state index in [1.54, 1.807) is 0 Å². The third-order valence-corrected chi connectivity index (χ3v) is 4.50. The predicted molar refractivity (Wildman–Crippen MR) is 92.9 cm³/mol. The first-order valence-electron chi connectivity index (χ1n) is 7.49. The Kier molecular flexibility index (Phi) is 5.40. The van der Waals surface area contributed by atoms with Gasteiger partial charge in [-0.05, 0) is 32.3 Å². The SMILES string of the molecule is Cc1nc(N)c2nc(/C=N/O)n(CCCCNS(C)(=O)=O)c2c1C. The molecule has 0 saturated carbocycles. The molecule has 0 bridgehead atoms. The first-order chi connectivity index (χ1) is 11.2. The van der Waals surface area contributed by atoms with Crippen LogP contribution >= 0.6 is 0 Å². The van der Waals surface area contributed by atoms with E-state index in [-0.39, 0.29) is 0 Å². The molecular weight excluding hydrogens is 332 g/mol. The van der Waals surface area contributed by atoms with Crippen LogP contribution in [0.1, 0.15) is 29.9 Å². The van der Waals surface area contributed by atoms with E-state index in [4.69, 9.17) is 10.9 Å². The summed E-state index contributed by atoms with van der Waals surface area (Å²) in [5.41, 5.74) is 9.15. The molecule has 10 heteroatoms. The second kappa shape index (κ2) is 7.14. The molecule has 2 aromatic rings. The summed E-state index contributed by atoms with van der Waals surface area (Å²) in [4.78, 5) is 8.67. The summed E-state index contributed by atoms with van der Waals surface area (Å²) < 4.78 is 26.5. The molecule has 4 N–H and O–H groups in total. The smallest absolute Gasteiger partial charge is 0.208 e. The van der Waals surface area contributed by atoms with Gasteiger partial charge in [0.25, 0.3) is 0 Å². The summed E-state index contributed by atoms with van der Waals surface area (Å²) >= 11 is 0. The zero-order valence-corrected chi connectivity index (χ0v) is 14.8. The van der Waals surface area contributed by atoms with Crippen molar-refractivity contribution in [3.05, 3.63) is 17.1 Å². The largest absolute Gasteiger partial charge is 0.411 e. The first-order valence-corrected chi connectivity index (χ1v) is 9.38. The Morgan fingerprint density at radius 2 is 2.04 bits per heavy atom. The van der Waals surface area contributed by atoms with Crippen molar-refractivity contribution in [1.29, 1.82) is 0 Å². The minimum absolute atomic E-state index is 0.332. The Morgan fingerprint density at radius 3 is 2.67 bits per heavy atom. The van der Waals surface area contributed by atoms with E-state index in [9.17, 15) is 8.42 Å². The quantitative estimate of drug-likeness (QED) is 0.291. The Morgan fingerprint density at radius 1 is 1.33 bits per heavy atom. The van der Waals surface area contributed by atoms with E-state index in [1.165, 1.54) is 6.21 Å². The molecule has 132 valence electrons. The third kappa shape index (κ3) is 4.01. The van der Waals surface area contributed by atoms with Crippen LogP contribution in [0.25, 0.3) is 11.0 Å². The number of pyridine rings is 1. The van der Waals surface area contributed by atoms with Crippen LogP contribution in [0.2, 0.25) is 0 Å². The van der Waals surface area contributed by atoms with E-state index in [0.29, 0.717) is 36.7 Å². The average Bonchev–Trinajstić information content (AvgIpc) is 2.83. The number of oxime groups is 1. The van der Waals surface area contributed by atoms with Gasteiger partial charge in [0.1, 0.15) is 11.7 Å². The number of hydrogen-bond donors (Lipinski definition) is 3. The Balaban J connectivity index is 2.28. The van der Waals surface area contributed by atoms with Crippen molar-refractivity contribution in [1.82, 2.24) is 19.3 Å². The topological polar surface area (TPSA) is 135 Å². The fraction of sp³-hybridized carbons (Fsp3) is 0.500. The van der Waals surface area contributed by atoms with Crippen LogP contribution in [0, 0.1) is 13.8 Å². The van der Waals surface area contributed by atoms with E-state index in [0.717, 1.165) is 29.5 Å². The van der Waals surface area contributed by atoms with Crippen molar-refractivity contribution in [3.63, 3.8) is 0 Å². The number of aryl methyl sites for hydroxylation is 3. The van der Waals surface area contributed by atoms with Gasteiger partial charge in [-0.3, -0.25) is 0 Å². The molecule has 2 heterocycles. The number of sulfonamides is 1. The van der Waals surface area contributed by atoms with Crippen molar-refractivity contribution in [3.8, 4) is 0 Å². The molecule has 0 spiro atoms. The van der Waals surface area contributed by atoms with Gasteiger partial charge >= 0.3 is 0 Å². The number of unbranched alkanes of at least 4 members (excludes halogenated alkanes) is 1. The molecule has 9 nitrogen and oxygen atoms in total. The second-order valence-corrected chi connectivity index (χ2v) is 7.48. The molecule has 2 aromatic heterocycles. The predicted octanol–water partition coefficient (Wildman–Crippen LogP) is 0.768. The number of nitrogens with two attached hydrogens (primary N) is 1. The van der Waals surface area contributed by atoms with E-state index < -0.39 is 10.0 Å². The number of aromatic nitrogens is 3. The summed E-state index contributed by atoms with van der Waals surface area (Å²) in [6, 6.07) is 0. The van der Waals surface area contributed by atoms with Crippen LogP contribution in [0.4, 0.5) is 5.82 Å². The Labute approximate surface area is 140 Å². The van der Waals surface area contributed by atoms with Crippen molar-refractivity contribution >= 4 is 33.1 Å². The fourth-order valence-electron chi connectivity index (χ4n) is 2.55. The monoisotopic (exact) mass is 354 g/mol. The van der Waals surface area contributed by atoms with Crippen LogP contribution in [0.3, 0.4) is 0 Å².